The minimum absolute atomic E-state index is 0.141. The van der Waals surface area contributed by atoms with Gasteiger partial charge in [-0.25, -0.2) is 8.78 Å². The summed E-state index contributed by atoms with van der Waals surface area (Å²) in [6.45, 7) is 0.762. The molecule has 0 saturated carbocycles. The number of nitrogens with two attached hydrogens (primary N) is 1. The van der Waals surface area contributed by atoms with E-state index in [2.05, 4.69) is 10.3 Å². The average molecular weight is 378 g/mol. The topological polar surface area (TPSA) is 70.9 Å². The highest BCUT2D eigenvalue weighted by atomic mass is 35.5. The molecule has 1 aromatic heterocycles. The molecule has 0 fully saturated rings. The number of carbonyl (C=O) groups is 1. The Morgan fingerprint density at radius 2 is 1.92 bits per heavy atom. The zero-order chi connectivity index (χ0) is 18.7. The van der Waals surface area contributed by atoms with Crippen LogP contribution in [0, 0.1) is 11.6 Å². The molecule has 0 aliphatic heterocycles. The quantitative estimate of drug-likeness (QED) is 0.612. The number of benzene rings is 2. The third-order valence-corrected chi connectivity index (χ3v) is 4.35. The Labute approximate surface area is 154 Å². The lowest BCUT2D eigenvalue weighted by Crippen LogP contribution is -2.29. The van der Waals surface area contributed by atoms with E-state index >= 15 is 0 Å². The summed E-state index contributed by atoms with van der Waals surface area (Å²) in [4.78, 5) is 15.0. The van der Waals surface area contributed by atoms with E-state index in [1.165, 1.54) is 18.2 Å². The molecular weight excluding hydrogens is 360 g/mol. The summed E-state index contributed by atoms with van der Waals surface area (Å²) in [7, 11) is 0. The molecule has 0 aliphatic rings. The Balaban J connectivity index is 2.03. The molecule has 1 heterocycles. The van der Waals surface area contributed by atoms with Crippen molar-refractivity contribution in [1.29, 1.82) is 0 Å². The van der Waals surface area contributed by atoms with Crippen molar-refractivity contribution >= 4 is 28.4 Å². The normalized spacial score (nSPS) is 11.1. The summed E-state index contributed by atoms with van der Waals surface area (Å²) >= 11 is 6.01. The second-order valence-corrected chi connectivity index (χ2v) is 6.37. The van der Waals surface area contributed by atoms with E-state index in [1.54, 1.807) is 18.2 Å². The highest BCUT2D eigenvalue weighted by Gasteiger charge is 2.17. The molecule has 0 bridgehead atoms. The van der Waals surface area contributed by atoms with E-state index in [0.717, 1.165) is 5.56 Å². The number of aromatic amines is 1. The van der Waals surface area contributed by atoms with Crippen molar-refractivity contribution in [3.05, 3.63) is 58.6 Å². The minimum Gasteiger partial charge on any atom is -0.355 e. The third-order valence-electron chi connectivity index (χ3n) is 4.13. The molecule has 0 radical (unpaired) electrons. The second-order valence-electron chi connectivity index (χ2n) is 5.93. The average Bonchev–Trinajstić information content (AvgIpc) is 2.97. The maximum Gasteiger partial charge on any atom is 0.220 e. The zero-order valence-corrected chi connectivity index (χ0v) is 14.7. The van der Waals surface area contributed by atoms with Crippen molar-refractivity contribution in [2.45, 2.75) is 12.8 Å². The number of hydrogen-bond donors (Lipinski definition) is 3. The summed E-state index contributed by atoms with van der Waals surface area (Å²) in [6, 6.07) is 8.78. The van der Waals surface area contributed by atoms with Crippen LogP contribution < -0.4 is 11.1 Å². The van der Waals surface area contributed by atoms with Gasteiger partial charge in [0.05, 0.1) is 5.52 Å². The largest absolute Gasteiger partial charge is 0.355 e. The summed E-state index contributed by atoms with van der Waals surface area (Å²) in [6.07, 6.45) is 0.595. The first-order valence-electron chi connectivity index (χ1n) is 8.22. The monoisotopic (exact) mass is 377 g/mol. The maximum atomic E-state index is 14.3. The van der Waals surface area contributed by atoms with Gasteiger partial charge < -0.3 is 16.0 Å². The predicted octanol–water partition coefficient (Wildman–Crippen LogP) is 3.77. The van der Waals surface area contributed by atoms with Gasteiger partial charge in [0.2, 0.25) is 5.91 Å². The number of nitrogens with one attached hydrogen (secondary N) is 2. The van der Waals surface area contributed by atoms with Gasteiger partial charge in [-0.1, -0.05) is 11.6 Å². The van der Waals surface area contributed by atoms with Crippen molar-refractivity contribution < 1.29 is 13.6 Å². The molecule has 7 heteroatoms. The van der Waals surface area contributed by atoms with Crippen LogP contribution in [0.2, 0.25) is 5.02 Å². The Morgan fingerprint density at radius 1 is 1.19 bits per heavy atom. The Hall–Kier alpha value is -2.44. The van der Waals surface area contributed by atoms with E-state index in [1.807, 2.05) is 0 Å². The molecule has 0 atom stereocenters. The van der Waals surface area contributed by atoms with Crippen LogP contribution in [-0.2, 0) is 11.2 Å². The number of amides is 1. The van der Waals surface area contributed by atoms with Crippen molar-refractivity contribution in [3.8, 4) is 11.3 Å². The highest BCUT2D eigenvalue weighted by Crippen LogP contribution is 2.34. The van der Waals surface area contributed by atoms with E-state index < -0.39 is 5.82 Å². The van der Waals surface area contributed by atoms with Gasteiger partial charge in [0.15, 0.2) is 0 Å². The minimum atomic E-state index is -0.477. The molecule has 136 valence electrons. The summed E-state index contributed by atoms with van der Waals surface area (Å²) in [5.41, 5.74) is 7.80. The lowest BCUT2D eigenvalue weighted by atomic mass is 10.0. The van der Waals surface area contributed by atoms with Crippen LogP contribution in [0.4, 0.5) is 8.78 Å². The van der Waals surface area contributed by atoms with Crippen molar-refractivity contribution in [1.82, 2.24) is 10.3 Å². The van der Waals surface area contributed by atoms with Crippen LogP contribution in [0.5, 0.6) is 0 Å². The smallest absolute Gasteiger partial charge is 0.220 e. The summed E-state index contributed by atoms with van der Waals surface area (Å²) in [5.74, 6) is -0.978. The molecule has 0 unspecified atom stereocenters. The lowest BCUT2D eigenvalue weighted by Gasteiger charge is -2.07. The second kappa shape index (κ2) is 7.85. The number of aryl methyl sites for hydroxylation is 1. The summed E-state index contributed by atoms with van der Waals surface area (Å²) < 4.78 is 27.6. The molecule has 26 heavy (non-hydrogen) atoms. The van der Waals surface area contributed by atoms with Crippen LogP contribution >= 0.6 is 11.6 Å². The number of hydrogen-bond acceptors (Lipinski definition) is 2. The number of H-pyrrole nitrogens is 1. The van der Waals surface area contributed by atoms with Crippen LogP contribution in [0.15, 0.2) is 36.4 Å². The van der Waals surface area contributed by atoms with Gasteiger partial charge in [-0.15, -0.1) is 0 Å². The lowest BCUT2D eigenvalue weighted by molar-refractivity contribution is -0.120. The fourth-order valence-electron chi connectivity index (χ4n) is 2.93. The first-order valence-corrected chi connectivity index (χ1v) is 8.59. The standard InChI is InChI=1S/C19H18ClF2N3O/c20-12-9-15-14(5-6-17(26)24-8-7-23)18(25-19(15)16(22)10-12)11-1-3-13(21)4-2-11/h1-4,9-10,25H,5-8,23H2,(H,24,26). The molecule has 3 rings (SSSR count). The van der Waals surface area contributed by atoms with Crippen LogP contribution in [0.1, 0.15) is 12.0 Å². The molecule has 0 aliphatic carbocycles. The molecule has 3 aromatic rings. The van der Waals surface area contributed by atoms with E-state index in [0.29, 0.717) is 41.7 Å². The number of rotatable bonds is 6. The molecule has 2 aromatic carbocycles. The first kappa shape index (κ1) is 18.4. The predicted molar refractivity (Wildman–Crippen MR) is 99.0 cm³/mol. The molecular formula is C19H18ClF2N3O. The molecule has 0 saturated heterocycles. The SMILES string of the molecule is NCCNC(=O)CCc1c(-c2ccc(F)cc2)[nH]c2c(F)cc(Cl)cc12. The van der Waals surface area contributed by atoms with Crippen LogP contribution in [0.3, 0.4) is 0 Å². The Kier molecular flexibility index (Phi) is 5.54. The summed E-state index contributed by atoms with van der Waals surface area (Å²) in [5, 5.41) is 3.59. The Bertz CT molecular complexity index is 938. The van der Waals surface area contributed by atoms with Crippen molar-refractivity contribution in [2.24, 2.45) is 5.73 Å². The van der Waals surface area contributed by atoms with Crippen molar-refractivity contribution in [2.75, 3.05) is 13.1 Å². The van der Waals surface area contributed by atoms with E-state index in [9.17, 15) is 13.6 Å². The third kappa shape index (κ3) is 3.86. The van der Waals surface area contributed by atoms with E-state index in [4.69, 9.17) is 17.3 Å². The fraction of sp³-hybridized carbons (Fsp3) is 0.211. The van der Waals surface area contributed by atoms with Crippen molar-refractivity contribution in [3.63, 3.8) is 0 Å². The van der Waals surface area contributed by atoms with Crippen LogP contribution in [0.25, 0.3) is 22.2 Å². The first-order chi connectivity index (χ1) is 12.5. The molecule has 1 amide bonds. The van der Waals surface area contributed by atoms with Gasteiger partial charge in [0.1, 0.15) is 11.6 Å². The molecule has 4 N–H and O–H groups in total. The Morgan fingerprint density at radius 3 is 2.62 bits per heavy atom. The fourth-order valence-corrected chi connectivity index (χ4v) is 3.14. The van der Waals surface area contributed by atoms with Gasteiger partial charge in [-0.2, -0.15) is 0 Å². The maximum absolute atomic E-state index is 14.3. The van der Waals surface area contributed by atoms with Gasteiger partial charge in [0, 0.05) is 35.6 Å². The molecule has 0 spiro atoms. The zero-order valence-electron chi connectivity index (χ0n) is 13.9. The molecule has 4 nitrogen and oxygen atoms in total. The van der Waals surface area contributed by atoms with Gasteiger partial charge >= 0.3 is 0 Å². The highest BCUT2D eigenvalue weighted by molar-refractivity contribution is 6.31. The van der Waals surface area contributed by atoms with Gasteiger partial charge in [-0.05, 0) is 53.9 Å². The van der Waals surface area contributed by atoms with Gasteiger partial charge in [-0.3, -0.25) is 4.79 Å². The number of carbonyl (C=O) groups excluding carboxylic acids is 1. The van der Waals surface area contributed by atoms with Crippen LogP contribution in [-0.4, -0.2) is 24.0 Å². The number of halogens is 3. The van der Waals surface area contributed by atoms with Gasteiger partial charge in [0.25, 0.3) is 0 Å². The number of aromatic nitrogens is 1. The number of fused-ring (bicyclic) bond motifs is 1. The van der Waals surface area contributed by atoms with E-state index in [-0.39, 0.29) is 23.2 Å².